The molecule has 33 heavy (non-hydrogen) atoms. The lowest BCUT2D eigenvalue weighted by molar-refractivity contribution is 1.29. The smallest absolute Gasteiger partial charge is 0.0894 e. The van der Waals surface area contributed by atoms with Gasteiger partial charge in [0.2, 0.25) is 0 Å². The molecule has 0 spiro atoms. The molecule has 0 saturated carbocycles. The summed E-state index contributed by atoms with van der Waals surface area (Å²) in [7, 11) is 0. The first kappa shape index (κ1) is 18.0. The van der Waals surface area contributed by atoms with Gasteiger partial charge >= 0.3 is 0 Å². The van der Waals surface area contributed by atoms with Gasteiger partial charge in [-0.15, -0.1) is 0 Å². The molecule has 0 fully saturated rings. The summed E-state index contributed by atoms with van der Waals surface area (Å²) in [6.45, 7) is 0. The molecule has 7 aromatic rings. The van der Waals surface area contributed by atoms with Crippen molar-refractivity contribution in [3.63, 3.8) is 0 Å². The zero-order valence-electron chi connectivity index (χ0n) is 17.5. The van der Waals surface area contributed by atoms with Gasteiger partial charge in [-0.3, -0.25) is 9.97 Å². The Morgan fingerprint density at radius 3 is 1.42 bits per heavy atom. The molecule has 0 radical (unpaired) electrons. The SMILES string of the molecule is c1ccc2nc(-c3ccc4[nH]c5ccc(-c6cnc7ccccc7n6)cc5c4c3)cnc2c1. The predicted octanol–water partition coefficient (Wildman–Crippen LogP) is 6.54. The summed E-state index contributed by atoms with van der Waals surface area (Å²) < 4.78 is 0. The van der Waals surface area contributed by atoms with Crippen LogP contribution >= 0.6 is 0 Å². The fraction of sp³-hybridized carbons (Fsp3) is 0. The second kappa shape index (κ2) is 6.93. The van der Waals surface area contributed by atoms with Crippen LogP contribution in [0.25, 0.3) is 66.4 Å². The number of nitrogens with one attached hydrogen (secondary N) is 1. The zero-order valence-corrected chi connectivity index (χ0v) is 17.5. The van der Waals surface area contributed by atoms with Gasteiger partial charge in [0.15, 0.2) is 0 Å². The van der Waals surface area contributed by atoms with Gasteiger partial charge in [0.1, 0.15) is 0 Å². The predicted molar refractivity (Wildman–Crippen MR) is 133 cm³/mol. The first-order chi connectivity index (χ1) is 16.3. The molecular formula is C28H17N5. The number of aromatic nitrogens is 5. The maximum Gasteiger partial charge on any atom is 0.0894 e. The van der Waals surface area contributed by atoms with Crippen molar-refractivity contribution in [2.45, 2.75) is 0 Å². The normalized spacial score (nSPS) is 11.6. The lowest BCUT2D eigenvalue weighted by Gasteiger charge is -2.04. The summed E-state index contributed by atoms with van der Waals surface area (Å²) in [6, 6.07) is 28.6. The van der Waals surface area contributed by atoms with Crippen molar-refractivity contribution in [3.8, 4) is 22.5 Å². The van der Waals surface area contributed by atoms with E-state index in [1.165, 1.54) is 0 Å². The van der Waals surface area contributed by atoms with E-state index >= 15 is 0 Å². The van der Waals surface area contributed by atoms with E-state index in [9.17, 15) is 0 Å². The Morgan fingerprint density at radius 2 is 0.939 bits per heavy atom. The second-order valence-electron chi connectivity index (χ2n) is 8.13. The first-order valence-corrected chi connectivity index (χ1v) is 10.8. The van der Waals surface area contributed by atoms with Crippen molar-refractivity contribution in [1.29, 1.82) is 0 Å². The number of para-hydroxylation sites is 4. The van der Waals surface area contributed by atoms with E-state index in [4.69, 9.17) is 9.97 Å². The van der Waals surface area contributed by atoms with E-state index < -0.39 is 0 Å². The molecular weight excluding hydrogens is 406 g/mol. The lowest BCUT2D eigenvalue weighted by Crippen LogP contribution is -1.88. The van der Waals surface area contributed by atoms with Crippen LogP contribution in [0.3, 0.4) is 0 Å². The standard InChI is InChI=1S/C28H17N5/c1-3-7-25-23(5-1)29-15-27(32-25)17-9-11-21-19(13-17)20-14-18(10-12-22(20)31-21)28-16-30-24-6-2-4-8-26(24)33-28/h1-16,31H. The summed E-state index contributed by atoms with van der Waals surface area (Å²) in [5.74, 6) is 0. The molecule has 0 aliphatic rings. The van der Waals surface area contributed by atoms with E-state index in [2.05, 4.69) is 51.4 Å². The molecule has 0 unspecified atom stereocenters. The third-order valence-corrected chi connectivity index (χ3v) is 6.09. The number of aromatic amines is 1. The van der Waals surface area contributed by atoms with Crippen LogP contribution in [0, 0.1) is 0 Å². The quantitative estimate of drug-likeness (QED) is 0.343. The summed E-state index contributed by atoms with van der Waals surface area (Å²) in [4.78, 5) is 22.3. The molecule has 4 aromatic carbocycles. The van der Waals surface area contributed by atoms with E-state index in [0.717, 1.165) is 66.4 Å². The Bertz CT molecular complexity index is 1700. The third kappa shape index (κ3) is 2.94. The number of rotatable bonds is 2. The van der Waals surface area contributed by atoms with Crippen molar-refractivity contribution in [3.05, 3.63) is 97.3 Å². The van der Waals surface area contributed by atoms with Crippen molar-refractivity contribution in [2.75, 3.05) is 0 Å². The van der Waals surface area contributed by atoms with Gasteiger partial charge in [-0.25, -0.2) is 9.97 Å². The molecule has 154 valence electrons. The highest BCUT2D eigenvalue weighted by molar-refractivity contribution is 6.09. The minimum absolute atomic E-state index is 0.863. The Labute approximate surface area is 188 Å². The molecule has 3 aromatic heterocycles. The summed E-state index contributed by atoms with van der Waals surface area (Å²) >= 11 is 0. The van der Waals surface area contributed by atoms with Crippen LogP contribution < -0.4 is 0 Å². The van der Waals surface area contributed by atoms with Crippen molar-refractivity contribution in [2.24, 2.45) is 0 Å². The first-order valence-electron chi connectivity index (χ1n) is 10.8. The minimum Gasteiger partial charge on any atom is -0.355 e. The summed E-state index contributed by atoms with van der Waals surface area (Å²) in [5.41, 5.74) is 9.56. The highest BCUT2D eigenvalue weighted by atomic mass is 14.8. The number of H-pyrrole nitrogens is 1. The van der Waals surface area contributed by atoms with Crippen molar-refractivity contribution < 1.29 is 0 Å². The van der Waals surface area contributed by atoms with Crippen LogP contribution in [0.15, 0.2) is 97.3 Å². The van der Waals surface area contributed by atoms with Crippen LogP contribution in [-0.2, 0) is 0 Å². The highest BCUT2D eigenvalue weighted by Crippen LogP contribution is 2.32. The Hall–Kier alpha value is -4.64. The molecule has 0 bridgehead atoms. The van der Waals surface area contributed by atoms with Gasteiger partial charge in [0.25, 0.3) is 0 Å². The topological polar surface area (TPSA) is 67.3 Å². The number of fused-ring (bicyclic) bond motifs is 5. The largest absolute Gasteiger partial charge is 0.355 e. The molecule has 1 N–H and O–H groups in total. The van der Waals surface area contributed by atoms with Crippen LogP contribution in [0.2, 0.25) is 0 Å². The molecule has 0 amide bonds. The monoisotopic (exact) mass is 423 g/mol. The highest BCUT2D eigenvalue weighted by Gasteiger charge is 2.10. The summed E-state index contributed by atoms with van der Waals surface area (Å²) in [6.07, 6.45) is 3.68. The molecule has 5 heteroatoms. The molecule has 7 rings (SSSR count). The minimum atomic E-state index is 0.863. The molecule has 5 nitrogen and oxygen atoms in total. The van der Waals surface area contributed by atoms with Crippen molar-refractivity contribution >= 4 is 43.9 Å². The average Bonchev–Trinajstić information content (AvgIpc) is 3.25. The lowest BCUT2D eigenvalue weighted by atomic mass is 10.0. The van der Waals surface area contributed by atoms with Crippen LogP contribution in [-0.4, -0.2) is 24.9 Å². The number of nitrogens with zero attached hydrogens (tertiary/aromatic N) is 4. The third-order valence-electron chi connectivity index (χ3n) is 6.09. The Morgan fingerprint density at radius 1 is 0.485 bits per heavy atom. The van der Waals surface area contributed by atoms with Gasteiger partial charge in [0, 0.05) is 32.9 Å². The van der Waals surface area contributed by atoms with Gasteiger partial charge in [-0.2, -0.15) is 0 Å². The molecule has 0 saturated heterocycles. The van der Waals surface area contributed by atoms with Crippen LogP contribution in [0.4, 0.5) is 0 Å². The van der Waals surface area contributed by atoms with E-state index in [0.29, 0.717) is 0 Å². The van der Waals surface area contributed by atoms with Gasteiger partial charge in [-0.05, 0) is 48.5 Å². The van der Waals surface area contributed by atoms with E-state index in [1.54, 1.807) is 0 Å². The fourth-order valence-electron chi connectivity index (χ4n) is 4.41. The Kier molecular flexibility index (Phi) is 3.78. The summed E-state index contributed by atoms with van der Waals surface area (Å²) in [5, 5.41) is 2.29. The van der Waals surface area contributed by atoms with E-state index in [1.807, 2.05) is 60.9 Å². The molecule has 0 atom stereocenters. The van der Waals surface area contributed by atoms with Crippen LogP contribution in [0.5, 0.6) is 0 Å². The van der Waals surface area contributed by atoms with Gasteiger partial charge < -0.3 is 4.98 Å². The number of hydrogen-bond donors (Lipinski definition) is 1. The molecule has 0 aliphatic heterocycles. The molecule has 3 heterocycles. The van der Waals surface area contributed by atoms with E-state index in [-0.39, 0.29) is 0 Å². The number of hydrogen-bond acceptors (Lipinski definition) is 4. The fourth-order valence-corrected chi connectivity index (χ4v) is 4.41. The maximum absolute atomic E-state index is 4.82. The number of benzene rings is 4. The Balaban J connectivity index is 1.39. The average molecular weight is 423 g/mol. The van der Waals surface area contributed by atoms with Crippen molar-refractivity contribution in [1.82, 2.24) is 24.9 Å². The maximum atomic E-state index is 4.82. The van der Waals surface area contributed by atoms with Crippen LogP contribution in [0.1, 0.15) is 0 Å². The molecule has 0 aliphatic carbocycles. The van der Waals surface area contributed by atoms with Gasteiger partial charge in [-0.1, -0.05) is 36.4 Å². The zero-order chi connectivity index (χ0) is 21.8. The second-order valence-corrected chi connectivity index (χ2v) is 8.13. The van der Waals surface area contributed by atoms with Gasteiger partial charge in [0.05, 0.1) is 45.8 Å².